The summed E-state index contributed by atoms with van der Waals surface area (Å²) in [6.45, 7) is 0.423. The lowest BCUT2D eigenvalue weighted by atomic mass is 10.2. The van der Waals surface area contributed by atoms with Gasteiger partial charge >= 0.3 is 5.69 Å². The molecule has 4 aromatic rings. The highest BCUT2D eigenvalue weighted by Crippen LogP contribution is 2.20. The first-order valence-corrected chi connectivity index (χ1v) is 10.2. The third-order valence-electron chi connectivity index (χ3n) is 4.62. The Hall–Kier alpha value is -3.45. The van der Waals surface area contributed by atoms with E-state index in [1.807, 2.05) is 66.7 Å². The molecule has 0 aliphatic rings. The largest absolute Gasteiger partial charge is 0.365 e. The zero-order chi connectivity index (χ0) is 20.9. The van der Waals surface area contributed by atoms with Gasteiger partial charge in [-0.25, -0.2) is 4.79 Å². The second-order valence-corrected chi connectivity index (χ2v) is 7.66. The lowest BCUT2D eigenvalue weighted by Gasteiger charge is -2.14. The van der Waals surface area contributed by atoms with Crippen LogP contribution in [-0.4, -0.2) is 15.5 Å². The maximum Gasteiger partial charge on any atom is 0.350 e. The minimum absolute atomic E-state index is 0.124. The highest BCUT2D eigenvalue weighted by Gasteiger charge is 2.13. The number of para-hydroxylation sites is 1. The van der Waals surface area contributed by atoms with Crippen LogP contribution < -0.4 is 16.3 Å². The number of fused-ring (bicyclic) bond motifs is 1. The Morgan fingerprint density at radius 3 is 2.40 bits per heavy atom. The Morgan fingerprint density at radius 1 is 0.933 bits per heavy atom. The summed E-state index contributed by atoms with van der Waals surface area (Å²) >= 11 is 3.36. The van der Waals surface area contributed by atoms with Gasteiger partial charge in [0, 0.05) is 22.1 Å². The average Bonchev–Trinajstić information content (AvgIpc) is 2.77. The van der Waals surface area contributed by atoms with Gasteiger partial charge in [-0.15, -0.1) is 0 Å². The summed E-state index contributed by atoms with van der Waals surface area (Å²) in [5.74, 6) is 0.209. The standard InChI is InChI=1S/C23H19BrN4O2/c24-17-10-12-18(13-11-17)26-21(29)15-28-20-9-5-4-8-19(20)22(27-23(28)30)25-14-16-6-2-1-3-7-16/h1-13H,14-15H2,(H,26,29)(H,25,27,30). The number of rotatable bonds is 6. The molecule has 0 saturated carbocycles. The lowest BCUT2D eigenvalue weighted by molar-refractivity contribution is -0.116. The molecule has 0 unspecified atom stereocenters. The predicted octanol–water partition coefficient (Wildman–Crippen LogP) is 4.41. The first kappa shape index (κ1) is 19.8. The molecule has 1 amide bonds. The van der Waals surface area contributed by atoms with Gasteiger partial charge in [-0.1, -0.05) is 58.4 Å². The van der Waals surface area contributed by atoms with Gasteiger partial charge in [0.15, 0.2) is 0 Å². The maximum atomic E-state index is 12.7. The molecule has 0 saturated heterocycles. The zero-order valence-electron chi connectivity index (χ0n) is 16.0. The van der Waals surface area contributed by atoms with E-state index in [9.17, 15) is 9.59 Å². The molecular weight excluding hydrogens is 444 g/mol. The molecule has 0 aliphatic heterocycles. The van der Waals surface area contributed by atoms with Crippen LogP contribution in [0.2, 0.25) is 0 Å². The molecule has 0 spiro atoms. The number of hydrogen-bond acceptors (Lipinski definition) is 4. The molecule has 30 heavy (non-hydrogen) atoms. The molecule has 0 bridgehead atoms. The second kappa shape index (κ2) is 8.92. The normalized spacial score (nSPS) is 10.7. The van der Waals surface area contributed by atoms with Crippen molar-refractivity contribution in [2.24, 2.45) is 0 Å². The van der Waals surface area contributed by atoms with E-state index in [2.05, 4.69) is 31.5 Å². The first-order chi connectivity index (χ1) is 14.6. The first-order valence-electron chi connectivity index (χ1n) is 9.43. The van der Waals surface area contributed by atoms with Gasteiger partial charge in [0.25, 0.3) is 0 Å². The van der Waals surface area contributed by atoms with Crippen molar-refractivity contribution < 1.29 is 4.79 Å². The van der Waals surface area contributed by atoms with Crippen LogP contribution in [0.3, 0.4) is 0 Å². The van der Waals surface area contributed by atoms with Crippen molar-refractivity contribution in [1.82, 2.24) is 9.55 Å². The fraction of sp³-hybridized carbons (Fsp3) is 0.0870. The Morgan fingerprint density at radius 2 is 1.63 bits per heavy atom. The fourth-order valence-electron chi connectivity index (χ4n) is 3.18. The van der Waals surface area contributed by atoms with E-state index in [0.29, 0.717) is 23.6 Å². The van der Waals surface area contributed by atoms with Crippen LogP contribution in [-0.2, 0) is 17.9 Å². The third-order valence-corrected chi connectivity index (χ3v) is 5.15. The summed E-state index contributed by atoms with van der Waals surface area (Å²) in [5, 5.41) is 6.83. The predicted molar refractivity (Wildman–Crippen MR) is 123 cm³/mol. The highest BCUT2D eigenvalue weighted by molar-refractivity contribution is 9.10. The van der Waals surface area contributed by atoms with E-state index in [1.54, 1.807) is 12.1 Å². The fourth-order valence-corrected chi connectivity index (χ4v) is 3.44. The number of nitrogens with one attached hydrogen (secondary N) is 2. The molecule has 0 aliphatic carbocycles. The zero-order valence-corrected chi connectivity index (χ0v) is 17.6. The minimum atomic E-state index is -0.477. The van der Waals surface area contributed by atoms with Crippen molar-refractivity contribution in [3.05, 3.63) is 99.4 Å². The smallest absolute Gasteiger partial charge is 0.350 e. The molecule has 1 heterocycles. The number of carbonyl (C=O) groups is 1. The number of carbonyl (C=O) groups excluding carboxylic acids is 1. The van der Waals surface area contributed by atoms with Crippen molar-refractivity contribution in [3.63, 3.8) is 0 Å². The van der Waals surface area contributed by atoms with Crippen LogP contribution in [0.5, 0.6) is 0 Å². The molecule has 0 atom stereocenters. The molecular formula is C23H19BrN4O2. The van der Waals surface area contributed by atoms with Crippen LogP contribution in [0.1, 0.15) is 5.56 Å². The molecule has 1 aromatic heterocycles. The summed E-state index contributed by atoms with van der Waals surface area (Å²) in [4.78, 5) is 29.5. The maximum absolute atomic E-state index is 12.7. The second-order valence-electron chi connectivity index (χ2n) is 6.74. The van der Waals surface area contributed by atoms with Crippen LogP contribution >= 0.6 is 15.9 Å². The van der Waals surface area contributed by atoms with E-state index < -0.39 is 5.69 Å². The van der Waals surface area contributed by atoms with Crippen molar-refractivity contribution in [2.75, 3.05) is 10.6 Å². The molecule has 3 aromatic carbocycles. The molecule has 6 nitrogen and oxygen atoms in total. The van der Waals surface area contributed by atoms with Crippen molar-refractivity contribution in [3.8, 4) is 0 Å². The van der Waals surface area contributed by atoms with Crippen molar-refractivity contribution in [2.45, 2.75) is 13.1 Å². The number of amides is 1. The lowest BCUT2D eigenvalue weighted by Crippen LogP contribution is -2.30. The Kier molecular flexibility index (Phi) is 5.90. The number of benzene rings is 3. The number of anilines is 2. The van der Waals surface area contributed by atoms with E-state index in [4.69, 9.17) is 0 Å². The summed E-state index contributed by atoms with van der Waals surface area (Å²) < 4.78 is 2.31. The van der Waals surface area contributed by atoms with Crippen LogP contribution in [0.4, 0.5) is 11.5 Å². The molecule has 7 heteroatoms. The number of hydrogen-bond donors (Lipinski definition) is 2. The van der Waals surface area contributed by atoms with Gasteiger partial charge in [-0.05, 0) is 42.0 Å². The molecule has 4 rings (SSSR count). The van der Waals surface area contributed by atoms with Gasteiger partial charge in [-0.3, -0.25) is 9.36 Å². The van der Waals surface area contributed by atoms with Gasteiger partial charge in [0.2, 0.25) is 5.91 Å². The van der Waals surface area contributed by atoms with Crippen LogP contribution in [0.15, 0.2) is 88.1 Å². The molecule has 0 fully saturated rings. The number of halogens is 1. The van der Waals surface area contributed by atoms with E-state index >= 15 is 0 Å². The summed E-state index contributed by atoms with van der Waals surface area (Å²) in [6, 6.07) is 24.6. The van der Waals surface area contributed by atoms with Crippen LogP contribution in [0.25, 0.3) is 10.9 Å². The SMILES string of the molecule is O=C(Cn1c(=O)nc(NCc2ccccc2)c2ccccc21)Nc1ccc(Br)cc1. The van der Waals surface area contributed by atoms with Gasteiger partial charge in [-0.2, -0.15) is 4.98 Å². The van der Waals surface area contributed by atoms with E-state index in [1.165, 1.54) is 4.57 Å². The van der Waals surface area contributed by atoms with Crippen LogP contribution in [0, 0.1) is 0 Å². The number of aromatic nitrogens is 2. The van der Waals surface area contributed by atoms with E-state index in [-0.39, 0.29) is 12.5 Å². The van der Waals surface area contributed by atoms with Gasteiger partial charge in [0.1, 0.15) is 12.4 Å². The van der Waals surface area contributed by atoms with Gasteiger partial charge < -0.3 is 10.6 Å². The Bertz CT molecular complexity index is 1240. The quantitative estimate of drug-likeness (QED) is 0.444. The molecule has 2 N–H and O–H groups in total. The molecule has 150 valence electrons. The minimum Gasteiger partial charge on any atom is -0.365 e. The summed E-state index contributed by atoms with van der Waals surface area (Å²) in [7, 11) is 0. The Balaban J connectivity index is 1.59. The Labute approximate surface area is 181 Å². The molecule has 0 radical (unpaired) electrons. The summed E-state index contributed by atoms with van der Waals surface area (Å²) in [6.07, 6.45) is 0. The van der Waals surface area contributed by atoms with E-state index in [0.717, 1.165) is 15.4 Å². The topological polar surface area (TPSA) is 76.0 Å². The summed E-state index contributed by atoms with van der Waals surface area (Å²) in [5.41, 5.74) is 1.92. The highest BCUT2D eigenvalue weighted by atomic mass is 79.9. The van der Waals surface area contributed by atoms with Gasteiger partial charge in [0.05, 0.1) is 5.52 Å². The van der Waals surface area contributed by atoms with Crippen molar-refractivity contribution >= 4 is 44.2 Å². The average molecular weight is 463 g/mol. The monoisotopic (exact) mass is 462 g/mol. The van der Waals surface area contributed by atoms with Crippen molar-refractivity contribution in [1.29, 1.82) is 0 Å². The third kappa shape index (κ3) is 4.58. The number of nitrogens with zero attached hydrogens (tertiary/aromatic N) is 2.